The zero-order chi connectivity index (χ0) is 19.4. The Morgan fingerprint density at radius 3 is 2.30 bits per heavy atom. The number of benzene rings is 2. The number of hydrogen-bond donors (Lipinski definition) is 0. The van der Waals surface area contributed by atoms with Crippen molar-refractivity contribution in [3.05, 3.63) is 69.7 Å². The number of likely N-dealkylation sites (tertiary alicyclic amines) is 1. The van der Waals surface area contributed by atoms with E-state index in [0.717, 1.165) is 17.3 Å². The Morgan fingerprint density at radius 1 is 1.07 bits per heavy atom. The lowest BCUT2D eigenvalue weighted by Crippen LogP contribution is -2.39. The van der Waals surface area contributed by atoms with Gasteiger partial charge >= 0.3 is 0 Å². The van der Waals surface area contributed by atoms with Gasteiger partial charge in [0.15, 0.2) is 0 Å². The van der Waals surface area contributed by atoms with Crippen molar-refractivity contribution in [2.75, 3.05) is 13.1 Å². The monoisotopic (exact) mass is 427 g/mol. The van der Waals surface area contributed by atoms with Crippen LogP contribution in [0.25, 0.3) is 0 Å². The van der Waals surface area contributed by atoms with Crippen molar-refractivity contribution in [3.63, 3.8) is 0 Å². The number of Topliss-reactive ketones (excluding diaryl/α,β-unsaturated/α-hetero) is 1. The van der Waals surface area contributed by atoms with Gasteiger partial charge in [-0.3, -0.25) is 9.59 Å². The first-order valence-electron chi connectivity index (χ1n) is 9.55. The molecule has 0 bridgehead atoms. The van der Waals surface area contributed by atoms with E-state index in [9.17, 15) is 9.59 Å². The summed E-state index contributed by atoms with van der Waals surface area (Å²) in [6.45, 7) is 5.10. The second-order valence-electron chi connectivity index (χ2n) is 7.41. The highest BCUT2D eigenvalue weighted by atomic mass is 79.9. The molecule has 1 saturated heterocycles. The van der Waals surface area contributed by atoms with E-state index in [-0.39, 0.29) is 17.7 Å². The van der Waals surface area contributed by atoms with Crippen LogP contribution in [0.5, 0.6) is 0 Å². The highest BCUT2D eigenvalue weighted by Crippen LogP contribution is 2.33. The van der Waals surface area contributed by atoms with Gasteiger partial charge in [0.2, 0.25) is 5.91 Å². The number of nitrogens with zero attached hydrogens (tertiary/aromatic N) is 1. The Balaban J connectivity index is 1.80. The molecule has 1 atom stereocenters. The van der Waals surface area contributed by atoms with Crippen molar-refractivity contribution in [3.8, 4) is 0 Å². The summed E-state index contributed by atoms with van der Waals surface area (Å²) in [5, 5.41) is 0. The fraction of sp³-hybridized carbons (Fsp3) is 0.391. The van der Waals surface area contributed by atoms with Crippen LogP contribution in [-0.4, -0.2) is 29.7 Å². The van der Waals surface area contributed by atoms with Crippen molar-refractivity contribution in [1.82, 2.24) is 4.90 Å². The van der Waals surface area contributed by atoms with Gasteiger partial charge in [-0.25, -0.2) is 0 Å². The van der Waals surface area contributed by atoms with Gasteiger partial charge < -0.3 is 4.90 Å². The number of carbonyl (C=O) groups is 2. The highest BCUT2D eigenvalue weighted by molar-refractivity contribution is 9.10. The molecule has 1 aliphatic rings. The van der Waals surface area contributed by atoms with E-state index >= 15 is 0 Å². The molecule has 3 rings (SSSR count). The zero-order valence-electron chi connectivity index (χ0n) is 16.0. The van der Waals surface area contributed by atoms with E-state index in [1.807, 2.05) is 29.2 Å². The highest BCUT2D eigenvalue weighted by Gasteiger charge is 2.29. The predicted molar refractivity (Wildman–Crippen MR) is 112 cm³/mol. The quantitative estimate of drug-likeness (QED) is 0.664. The maximum absolute atomic E-state index is 13.1. The molecule has 1 aliphatic heterocycles. The molecular formula is C23H26BrNO2. The summed E-state index contributed by atoms with van der Waals surface area (Å²) in [6, 6.07) is 16.6. The number of rotatable bonds is 5. The minimum Gasteiger partial charge on any atom is -0.343 e. The third-order valence-corrected chi connectivity index (χ3v) is 6.17. The molecule has 0 N–H and O–H groups in total. The average molecular weight is 428 g/mol. The second-order valence-corrected chi connectivity index (χ2v) is 8.33. The van der Waals surface area contributed by atoms with Crippen LogP contribution in [0.4, 0.5) is 0 Å². The smallest absolute Gasteiger partial charge is 0.219 e. The molecule has 142 valence electrons. The van der Waals surface area contributed by atoms with Crippen LogP contribution in [0, 0.1) is 12.8 Å². The summed E-state index contributed by atoms with van der Waals surface area (Å²) in [6.07, 6.45) is 2.07. The van der Waals surface area contributed by atoms with E-state index in [4.69, 9.17) is 0 Å². The number of carbonyl (C=O) groups excluding carboxylic acids is 2. The molecule has 1 heterocycles. The molecule has 2 aromatic carbocycles. The van der Waals surface area contributed by atoms with Gasteiger partial charge in [-0.2, -0.15) is 0 Å². The fourth-order valence-corrected chi connectivity index (χ4v) is 4.23. The largest absolute Gasteiger partial charge is 0.343 e. The molecule has 1 unspecified atom stereocenters. The number of aryl methyl sites for hydroxylation is 1. The van der Waals surface area contributed by atoms with E-state index in [0.29, 0.717) is 25.3 Å². The predicted octanol–water partition coefficient (Wildman–Crippen LogP) is 5.11. The topological polar surface area (TPSA) is 37.4 Å². The Morgan fingerprint density at radius 2 is 1.70 bits per heavy atom. The first-order chi connectivity index (χ1) is 13.0. The van der Waals surface area contributed by atoms with E-state index in [2.05, 4.69) is 47.1 Å². The van der Waals surface area contributed by atoms with Crippen LogP contribution < -0.4 is 0 Å². The maximum atomic E-state index is 13.1. The summed E-state index contributed by atoms with van der Waals surface area (Å²) in [5.41, 5.74) is 3.60. The van der Waals surface area contributed by atoms with E-state index in [1.165, 1.54) is 16.7 Å². The molecule has 1 amide bonds. The van der Waals surface area contributed by atoms with Crippen LogP contribution in [-0.2, 0) is 9.59 Å². The Hall–Kier alpha value is -1.94. The van der Waals surface area contributed by atoms with Gasteiger partial charge in [-0.15, -0.1) is 0 Å². The molecule has 0 saturated carbocycles. The lowest BCUT2D eigenvalue weighted by Gasteiger charge is -2.31. The fourth-order valence-electron chi connectivity index (χ4n) is 3.96. The molecular weight excluding hydrogens is 402 g/mol. The second kappa shape index (κ2) is 8.83. The van der Waals surface area contributed by atoms with E-state index < -0.39 is 0 Å². The summed E-state index contributed by atoms with van der Waals surface area (Å²) in [4.78, 5) is 26.5. The SMILES string of the molecule is CC(=O)N1CCC(C(=O)CC(c2ccc(Br)cc2)c2ccccc2C)CC1. The minimum absolute atomic E-state index is 0.0579. The van der Waals surface area contributed by atoms with Crippen LogP contribution in [0.3, 0.4) is 0 Å². The summed E-state index contributed by atoms with van der Waals surface area (Å²) in [7, 11) is 0. The van der Waals surface area contributed by atoms with Crippen molar-refractivity contribution in [1.29, 1.82) is 0 Å². The minimum atomic E-state index is 0.0579. The van der Waals surface area contributed by atoms with Gasteiger partial charge in [0, 0.05) is 42.7 Å². The molecule has 2 aromatic rings. The van der Waals surface area contributed by atoms with Gasteiger partial charge in [0.1, 0.15) is 5.78 Å². The number of hydrogen-bond acceptors (Lipinski definition) is 2. The van der Waals surface area contributed by atoms with E-state index in [1.54, 1.807) is 6.92 Å². The normalized spacial score (nSPS) is 16.2. The van der Waals surface area contributed by atoms with Crippen LogP contribution in [0.2, 0.25) is 0 Å². The number of halogens is 1. The standard InChI is InChI=1S/C23H26BrNO2/c1-16-5-3-4-6-21(16)22(18-7-9-20(24)10-8-18)15-23(27)19-11-13-25(14-12-19)17(2)26/h3-10,19,22H,11-15H2,1-2H3. The van der Waals surface area contributed by atoms with Crippen molar-refractivity contribution in [2.45, 2.75) is 39.0 Å². The zero-order valence-corrected chi connectivity index (χ0v) is 17.5. The maximum Gasteiger partial charge on any atom is 0.219 e. The van der Waals surface area contributed by atoms with Crippen LogP contribution in [0.15, 0.2) is 53.0 Å². The van der Waals surface area contributed by atoms with Gasteiger partial charge in [0.25, 0.3) is 0 Å². The molecule has 1 fully saturated rings. The van der Waals surface area contributed by atoms with Crippen molar-refractivity contribution in [2.24, 2.45) is 5.92 Å². The summed E-state index contributed by atoms with van der Waals surface area (Å²) in [5.74, 6) is 0.545. The summed E-state index contributed by atoms with van der Waals surface area (Å²) < 4.78 is 1.04. The van der Waals surface area contributed by atoms with Crippen molar-refractivity contribution >= 4 is 27.6 Å². The Kier molecular flexibility index (Phi) is 6.48. The third kappa shape index (κ3) is 4.86. The van der Waals surface area contributed by atoms with Crippen molar-refractivity contribution < 1.29 is 9.59 Å². The average Bonchev–Trinajstić information content (AvgIpc) is 2.67. The third-order valence-electron chi connectivity index (χ3n) is 5.64. The van der Waals surface area contributed by atoms with Gasteiger partial charge in [-0.1, -0.05) is 52.3 Å². The lowest BCUT2D eigenvalue weighted by molar-refractivity contribution is -0.133. The number of piperidine rings is 1. The number of ketones is 1. The van der Waals surface area contributed by atoms with Gasteiger partial charge in [0.05, 0.1) is 0 Å². The lowest BCUT2D eigenvalue weighted by atomic mass is 9.80. The number of amides is 1. The first-order valence-corrected chi connectivity index (χ1v) is 10.3. The molecule has 4 heteroatoms. The molecule has 0 radical (unpaired) electrons. The molecule has 0 aliphatic carbocycles. The molecule has 3 nitrogen and oxygen atoms in total. The first kappa shape index (κ1) is 19.8. The summed E-state index contributed by atoms with van der Waals surface area (Å²) >= 11 is 3.50. The Bertz CT molecular complexity index is 807. The van der Waals surface area contributed by atoms with Gasteiger partial charge in [-0.05, 0) is 48.6 Å². The van der Waals surface area contributed by atoms with Crippen LogP contribution in [0.1, 0.15) is 48.8 Å². The molecule has 0 aromatic heterocycles. The van der Waals surface area contributed by atoms with Crippen LogP contribution >= 0.6 is 15.9 Å². The molecule has 0 spiro atoms. The molecule has 27 heavy (non-hydrogen) atoms. The Labute approximate surface area is 169 Å².